The van der Waals surface area contributed by atoms with Crippen LogP contribution in [0, 0.1) is 0 Å². The molecule has 1 N–H and O–H groups in total. The monoisotopic (exact) mass is 189 g/mol. The van der Waals surface area contributed by atoms with Gasteiger partial charge in [-0.05, 0) is 12.1 Å². The molecule has 0 radical (unpaired) electrons. The molecule has 0 aliphatic heterocycles. The van der Waals surface area contributed by atoms with Gasteiger partial charge in [0.25, 0.3) is 10.4 Å². The molecule has 1 rings (SSSR count). The number of benzene rings is 1. The van der Waals surface area contributed by atoms with Gasteiger partial charge in [0, 0.05) is 6.07 Å². The zero-order valence-electron chi connectivity index (χ0n) is 5.80. The van der Waals surface area contributed by atoms with E-state index in [1.54, 1.807) is 0 Å². The largest absolute Gasteiger partial charge is 0.716 e. The highest BCUT2D eigenvalue weighted by Crippen LogP contribution is 2.18. The molecule has 0 aliphatic carbocycles. The van der Waals surface area contributed by atoms with Crippen molar-refractivity contribution < 1.29 is 22.3 Å². The van der Waals surface area contributed by atoms with Crippen molar-refractivity contribution in [3.63, 3.8) is 0 Å². The van der Waals surface area contributed by atoms with E-state index in [4.69, 9.17) is 5.11 Å². The molecule has 0 atom stereocenters. The van der Waals surface area contributed by atoms with Crippen LogP contribution in [0.1, 0.15) is 0 Å². The van der Waals surface area contributed by atoms with Crippen LogP contribution in [-0.4, -0.2) is 18.1 Å². The number of aromatic hydroxyl groups is 1. The van der Waals surface area contributed by atoms with Crippen LogP contribution >= 0.6 is 0 Å². The van der Waals surface area contributed by atoms with E-state index in [9.17, 15) is 13.0 Å². The normalized spacial score (nSPS) is 11.1. The molecular weight excluding hydrogens is 184 g/mol. The highest BCUT2D eigenvalue weighted by Gasteiger charge is 1.98. The second-order valence-electron chi connectivity index (χ2n) is 1.99. The van der Waals surface area contributed by atoms with E-state index in [1.165, 1.54) is 18.2 Å². The van der Waals surface area contributed by atoms with Crippen LogP contribution in [0.3, 0.4) is 0 Å². The maximum Gasteiger partial charge on any atom is 0.262 e. The SMILES string of the molecule is O=S(=O)([O-])Oc1cccc(O)c1. The van der Waals surface area contributed by atoms with Gasteiger partial charge in [-0.15, -0.1) is 0 Å². The fourth-order valence-corrected chi connectivity index (χ4v) is 0.993. The van der Waals surface area contributed by atoms with Crippen molar-refractivity contribution >= 4 is 10.4 Å². The third-order valence-corrected chi connectivity index (χ3v) is 1.41. The molecule has 0 aliphatic rings. The molecule has 66 valence electrons. The molecule has 0 bridgehead atoms. The first-order valence-electron chi connectivity index (χ1n) is 2.92. The van der Waals surface area contributed by atoms with Crippen molar-refractivity contribution in [1.82, 2.24) is 0 Å². The quantitative estimate of drug-likeness (QED) is 0.531. The van der Waals surface area contributed by atoms with Gasteiger partial charge in [0.2, 0.25) is 0 Å². The first-order chi connectivity index (χ1) is 5.47. The van der Waals surface area contributed by atoms with Crippen LogP contribution in [0.4, 0.5) is 0 Å². The van der Waals surface area contributed by atoms with Crippen molar-refractivity contribution in [3.05, 3.63) is 24.3 Å². The summed E-state index contributed by atoms with van der Waals surface area (Å²) in [6.45, 7) is 0. The summed E-state index contributed by atoms with van der Waals surface area (Å²) in [5.74, 6) is -0.374. The van der Waals surface area contributed by atoms with Gasteiger partial charge in [-0.2, -0.15) is 0 Å². The average molecular weight is 189 g/mol. The van der Waals surface area contributed by atoms with Crippen LogP contribution in [0.2, 0.25) is 0 Å². The fraction of sp³-hybridized carbons (Fsp3) is 0. The topological polar surface area (TPSA) is 86.7 Å². The Morgan fingerprint density at radius 1 is 1.42 bits per heavy atom. The van der Waals surface area contributed by atoms with Gasteiger partial charge in [0.15, 0.2) is 0 Å². The van der Waals surface area contributed by atoms with E-state index < -0.39 is 10.4 Å². The summed E-state index contributed by atoms with van der Waals surface area (Å²) < 4.78 is 34.1. The Kier molecular flexibility index (Phi) is 2.20. The Morgan fingerprint density at radius 2 is 2.08 bits per heavy atom. The highest BCUT2D eigenvalue weighted by atomic mass is 32.3. The zero-order valence-corrected chi connectivity index (χ0v) is 6.61. The number of hydrogen-bond donors (Lipinski definition) is 1. The van der Waals surface area contributed by atoms with Crippen LogP contribution < -0.4 is 4.18 Å². The number of hydrogen-bond acceptors (Lipinski definition) is 5. The Morgan fingerprint density at radius 3 is 2.58 bits per heavy atom. The van der Waals surface area contributed by atoms with E-state index in [0.717, 1.165) is 6.07 Å². The maximum atomic E-state index is 10.1. The number of phenols is 1. The average Bonchev–Trinajstić information content (AvgIpc) is 1.82. The molecule has 0 unspecified atom stereocenters. The van der Waals surface area contributed by atoms with Gasteiger partial charge < -0.3 is 13.8 Å². The summed E-state index contributed by atoms with van der Waals surface area (Å²) >= 11 is 0. The molecule has 0 heterocycles. The van der Waals surface area contributed by atoms with Crippen LogP contribution in [0.15, 0.2) is 24.3 Å². The van der Waals surface area contributed by atoms with E-state index in [1.807, 2.05) is 0 Å². The summed E-state index contributed by atoms with van der Waals surface area (Å²) in [5, 5.41) is 8.83. The summed E-state index contributed by atoms with van der Waals surface area (Å²) in [6.07, 6.45) is 0. The lowest BCUT2D eigenvalue weighted by Gasteiger charge is -2.08. The van der Waals surface area contributed by atoms with Gasteiger partial charge in [-0.25, -0.2) is 8.42 Å². The van der Waals surface area contributed by atoms with Crippen molar-refractivity contribution in [2.45, 2.75) is 0 Å². The van der Waals surface area contributed by atoms with Crippen LogP contribution in [-0.2, 0) is 10.4 Å². The molecule has 1 aromatic carbocycles. The van der Waals surface area contributed by atoms with E-state index >= 15 is 0 Å². The van der Waals surface area contributed by atoms with Crippen LogP contribution in [0.25, 0.3) is 0 Å². The molecule has 0 aromatic heterocycles. The lowest BCUT2D eigenvalue weighted by molar-refractivity contribution is 0.371. The first kappa shape index (κ1) is 8.82. The van der Waals surface area contributed by atoms with Crippen molar-refractivity contribution in [2.24, 2.45) is 0 Å². The summed E-state index contributed by atoms with van der Waals surface area (Å²) in [6, 6.07) is 4.95. The predicted octanol–water partition coefficient (Wildman–Crippen LogP) is 0.231. The molecule has 0 amide bonds. The van der Waals surface area contributed by atoms with Gasteiger partial charge in [-0.1, -0.05) is 6.07 Å². The van der Waals surface area contributed by atoms with Crippen molar-refractivity contribution in [1.29, 1.82) is 0 Å². The van der Waals surface area contributed by atoms with Crippen molar-refractivity contribution in [2.75, 3.05) is 0 Å². The minimum absolute atomic E-state index is 0.170. The Labute approximate surface area is 69.2 Å². The van der Waals surface area contributed by atoms with E-state index in [-0.39, 0.29) is 11.5 Å². The molecule has 0 spiro atoms. The summed E-state index contributed by atoms with van der Waals surface area (Å²) in [4.78, 5) is 0. The Balaban J connectivity index is 2.91. The molecule has 0 saturated heterocycles. The van der Waals surface area contributed by atoms with Gasteiger partial charge in [0.05, 0.1) is 0 Å². The maximum absolute atomic E-state index is 10.1. The molecule has 0 fully saturated rings. The Hall–Kier alpha value is -1.27. The lowest BCUT2D eigenvalue weighted by atomic mass is 10.3. The first-order valence-corrected chi connectivity index (χ1v) is 4.25. The van der Waals surface area contributed by atoms with Gasteiger partial charge in [-0.3, -0.25) is 0 Å². The highest BCUT2D eigenvalue weighted by molar-refractivity contribution is 7.81. The summed E-state index contributed by atoms with van der Waals surface area (Å²) in [5.41, 5.74) is 0. The standard InChI is InChI=1S/C6H6O5S/c7-5-2-1-3-6(4-5)11-12(8,9)10/h1-4,7H,(H,8,9,10)/p-1. The van der Waals surface area contributed by atoms with Crippen LogP contribution in [0.5, 0.6) is 11.5 Å². The molecular formula is C6H5O5S-. The summed E-state index contributed by atoms with van der Waals surface area (Å²) in [7, 11) is -4.76. The zero-order chi connectivity index (χ0) is 9.19. The minimum Gasteiger partial charge on any atom is -0.716 e. The molecule has 5 nitrogen and oxygen atoms in total. The minimum atomic E-state index is -4.76. The molecule has 0 saturated carbocycles. The van der Waals surface area contributed by atoms with E-state index in [0.29, 0.717) is 0 Å². The van der Waals surface area contributed by atoms with Crippen molar-refractivity contribution in [3.8, 4) is 11.5 Å². The van der Waals surface area contributed by atoms with Gasteiger partial charge >= 0.3 is 0 Å². The number of rotatable bonds is 2. The van der Waals surface area contributed by atoms with Gasteiger partial charge in [0.1, 0.15) is 11.5 Å². The molecule has 12 heavy (non-hydrogen) atoms. The van der Waals surface area contributed by atoms with E-state index in [2.05, 4.69) is 4.18 Å². The predicted molar refractivity (Wildman–Crippen MR) is 38.4 cm³/mol. The lowest BCUT2D eigenvalue weighted by Crippen LogP contribution is -2.06. The molecule has 1 aromatic rings. The smallest absolute Gasteiger partial charge is 0.262 e. The fourth-order valence-electron chi connectivity index (χ4n) is 0.653. The Bertz CT molecular complexity index is 369. The molecule has 6 heteroatoms. The second-order valence-corrected chi connectivity index (χ2v) is 2.97. The number of phenolic OH excluding ortho intramolecular Hbond substituents is 1. The third-order valence-electron chi connectivity index (χ3n) is 1.02. The third kappa shape index (κ3) is 2.77. The second kappa shape index (κ2) is 3.00.